The summed E-state index contributed by atoms with van der Waals surface area (Å²) in [6, 6.07) is 12.6. The molecule has 1 heterocycles. The van der Waals surface area contributed by atoms with Crippen molar-refractivity contribution in [1.82, 2.24) is 0 Å². The highest BCUT2D eigenvalue weighted by Gasteiger charge is 2.14. The summed E-state index contributed by atoms with van der Waals surface area (Å²) in [6.45, 7) is 6.40. The lowest BCUT2D eigenvalue weighted by Gasteiger charge is -2.07. The highest BCUT2D eigenvalue weighted by Crippen LogP contribution is 2.34. The predicted octanol–water partition coefficient (Wildman–Crippen LogP) is 4.07. The van der Waals surface area contributed by atoms with Crippen LogP contribution in [0.15, 0.2) is 42.5 Å². The molecule has 0 unspecified atom stereocenters. The van der Waals surface area contributed by atoms with E-state index in [1.54, 1.807) is 30.3 Å². The third-order valence-corrected chi connectivity index (χ3v) is 3.36. The lowest BCUT2D eigenvalue weighted by molar-refractivity contribution is 0.102. The van der Waals surface area contributed by atoms with Crippen molar-refractivity contribution in [1.29, 1.82) is 0 Å². The largest absolute Gasteiger partial charge is 0.454 e. The lowest BCUT2D eigenvalue weighted by Crippen LogP contribution is -2.11. The molecule has 122 valence electrons. The van der Waals surface area contributed by atoms with Crippen molar-refractivity contribution in [2.75, 3.05) is 12.1 Å². The maximum atomic E-state index is 12.3. The molecule has 0 atom stereocenters. The first kappa shape index (κ1) is 15.9. The maximum Gasteiger partial charge on any atom is 0.255 e. The Morgan fingerprint density at radius 1 is 1.04 bits per heavy atom. The Labute approximate surface area is 141 Å². The quantitative estimate of drug-likeness (QED) is 0.848. The van der Waals surface area contributed by atoms with Crippen LogP contribution in [-0.2, 0) is 0 Å². The van der Waals surface area contributed by atoms with E-state index in [0.717, 1.165) is 5.56 Å². The minimum Gasteiger partial charge on any atom is -0.454 e. The number of ether oxygens (including phenoxy) is 2. The molecule has 0 saturated carbocycles. The van der Waals surface area contributed by atoms with Crippen molar-refractivity contribution in [2.45, 2.75) is 20.8 Å². The number of carbonyl (C=O) groups is 1. The number of hydrogen-bond donors (Lipinski definition) is 1. The molecular formula is C20H19NO3. The van der Waals surface area contributed by atoms with Crippen molar-refractivity contribution < 1.29 is 14.3 Å². The highest BCUT2D eigenvalue weighted by atomic mass is 16.7. The number of benzene rings is 2. The summed E-state index contributed by atoms with van der Waals surface area (Å²) in [5.41, 5.74) is 2.09. The normalized spacial score (nSPS) is 12.3. The van der Waals surface area contributed by atoms with Gasteiger partial charge in [-0.1, -0.05) is 11.8 Å². The standard InChI is InChI=1S/C20H19NO3/c1-20(2,3)11-10-14-4-6-15(7-5-14)19(22)21-16-8-9-17-18(12-16)24-13-23-17/h4-9,12H,13H2,1-3H3,(H,21,22). The number of amides is 1. The summed E-state index contributed by atoms with van der Waals surface area (Å²) in [5.74, 6) is 7.44. The first-order valence-electron chi connectivity index (χ1n) is 7.75. The number of rotatable bonds is 2. The molecule has 0 saturated heterocycles. The van der Waals surface area contributed by atoms with Crippen molar-refractivity contribution in [3.05, 3.63) is 53.6 Å². The van der Waals surface area contributed by atoms with E-state index < -0.39 is 0 Å². The van der Waals surface area contributed by atoms with Crippen LogP contribution in [0.2, 0.25) is 0 Å². The van der Waals surface area contributed by atoms with Gasteiger partial charge in [0.1, 0.15) is 0 Å². The Kier molecular flexibility index (Phi) is 4.18. The average molecular weight is 321 g/mol. The van der Waals surface area contributed by atoms with Crippen LogP contribution in [0, 0.1) is 17.3 Å². The Balaban J connectivity index is 1.70. The van der Waals surface area contributed by atoms with Crippen LogP contribution in [0.5, 0.6) is 11.5 Å². The Hall–Kier alpha value is -2.93. The van der Waals surface area contributed by atoms with Gasteiger partial charge in [0.05, 0.1) is 0 Å². The van der Waals surface area contributed by atoms with Gasteiger partial charge < -0.3 is 14.8 Å². The van der Waals surface area contributed by atoms with E-state index in [2.05, 4.69) is 37.9 Å². The molecule has 0 radical (unpaired) electrons. The molecule has 2 aromatic rings. The third-order valence-electron chi connectivity index (χ3n) is 3.36. The van der Waals surface area contributed by atoms with E-state index in [1.165, 1.54) is 0 Å². The highest BCUT2D eigenvalue weighted by molar-refractivity contribution is 6.04. The molecule has 1 N–H and O–H groups in total. The van der Waals surface area contributed by atoms with Crippen LogP contribution < -0.4 is 14.8 Å². The molecular weight excluding hydrogens is 302 g/mol. The van der Waals surface area contributed by atoms with Crippen LogP contribution in [0.3, 0.4) is 0 Å². The second kappa shape index (κ2) is 6.29. The average Bonchev–Trinajstić information content (AvgIpc) is 3.00. The van der Waals surface area contributed by atoms with Gasteiger partial charge in [-0.2, -0.15) is 0 Å². The SMILES string of the molecule is CC(C)(C)C#Cc1ccc(C(=O)Nc2ccc3c(c2)OCO3)cc1. The second-order valence-corrected chi connectivity index (χ2v) is 6.60. The van der Waals surface area contributed by atoms with Crippen LogP contribution in [-0.4, -0.2) is 12.7 Å². The third kappa shape index (κ3) is 3.88. The molecule has 0 aromatic heterocycles. The predicted molar refractivity (Wildman–Crippen MR) is 93.3 cm³/mol. The summed E-state index contributed by atoms with van der Waals surface area (Å²) in [4.78, 5) is 12.3. The number of hydrogen-bond acceptors (Lipinski definition) is 3. The first-order valence-corrected chi connectivity index (χ1v) is 7.75. The van der Waals surface area contributed by atoms with Crippen molar-refractivity contribution in [3.63, 3.8) is 0 Å². The molecule has 0 bridgehead atoms. The Bertz CT molecular complexity index is 821. The molecule has 2 aromatic carbocycles. The van der Waals surface area contributed by atoms with E-state index in [9.17, 15) is 4.79 Å². The van der Waals surface area contributed by atoms with E-state index >= 15 is 0 Å². The molecule has 0 fully saturated rings. The number of carbonyl (C=O) groups excluding carboxylic acids is 1. The van der Waals surface area contributed by atoms with E-state index in [4.69, 9.17) is 9.47 Å². The van der Waals surface area contributed by atoms with Gasteiger partial charge in [-0.05, 0) is 57.2 Å². The zero-order chi connectivity index (χ0) is 17.2. The zero-order valence-corrected chi connectivity index (χ0v) is 14.0. The molecule has 4 nitrogen and oxygen atoms in total. The van der Waals surface area contributed by atoms with Crippen molar-refractivity contribution in [3.8, 4) is 23.3 Å². The Morgan fingerprint density at radius 3 is 2.46 bits per heavy atom. The summed E-state index contributed by atoms with van der Waals surface area (Å²) in [6.07, 6.45) is 0. The topological polar surface area (TPSA) is 47.6 Å². The summed E-state index contributed by atoms with van der Waals surface area (Å²) in [5, 5.41) is 2.85. The fourth-order valence-corrected chi connectivity index (χ4v) is 2.14. The maximum absolute atomic E-state index is 12.3. The van der Waals surface area contributed by atoms with Gasteiger partial charge >= 0.3 is 0 Å². The Morgan fingerprint density at radius 2 is 1.75 bits per heavy atom. The zero-order valence-electron chi connectivity index (χ0n) is 14.0. The van der Waals surface area contributed by atoms with Gasteiger partial charge in [-0.3, -0.25) is 4.79 Å². The molecule has 1 aliphatic heterocycles. The minimum absolute atomic E-state index is 0.0462. The summed E-state index contributed by atoms with van der Waals surface area (Å²) < 4.78 is 10.6. The molecule has 1 aliphatic rings. The molecule has 24 heavy (non-hydrogen) atoms. The first-order chi connectivity index (χ1) is 11.4. The number of nitrogens with one attached hydrogen (secondary N) is 1. The van der Waals surface area contributed by atoms with E-state index in [-0.39, 0.29) is 18.1 Å². The van der Waals surface area contributed by atoms with Crippen molar-refractivity contribution >= 4 is 11.6 Å². The molecule has 3 rings (SSSR count). The van der Waals surface area contributed by atoms with E-state index in [0.29, 0.717) is 22.7 Å². The smallest absolute Gasteiger partial charge is 0.255 e. The molecule has 4 heteroatoms. The number of fused-ring (bicyclic) bond motifs is 1. The fraction of sp³-hybridized carbons (Fsp3) is 0.250. The second-order valence-electron chi connectivity index (χ2n) is 6.60. The molecule has 0 spiro atoms. The van der Waals surface area contributed by atoms with Gasteiger partial charge in [0, 0.05) is 28.3 Å². The van der Waals surface area contributed by atoms with Crippen molar-refractivity contribution in [2.24, 2.45) is 5.41 Å². The van der Waals surface area contributed by atoms with Crippen LogP contribution in [0.1, 0.15) is 36.7 Å². The van der Waals surface area contributed by atoms with E-state index in [1.807, 2.05) is 12.1 Å². The summed E-state index contributed by atoms with van der Waals surface area (Å²) in [7, 11) is 0. The van der Waals surface area contributed by atoms with Crippen LogP contribution in [0.25, 0.3) is 0 Å². The van der Waals surface area contributed by atoms with Gasteiger partial charge in [0.2, 0.25) is 6.79 Å². The molecule has 0 aliphatic carbocycles. The minimum atomic E-state index is -0.177. The van der Waals surface area contributed by atoms with Crippen LogP contribution in [0.4, 0.5) is 5.69 Å². The van der Waals surface area contributed by atoms with Gasteiger partial charge in [-0.15, -0.1) is 0 Å². The lowest BCUT2D eigenvalue weighted by atomic mass is 9.97. The molecule has 1 amide bonds. The van der Waals surface area contributed by atoms with Gasteiger partial charge in [0.15, 0.2) is 11.5 Å². The summed E-state index contributed by atoms with van der Waals surface area (Å²) >= 11 is 0. The number of anilines is 1. The van der Waals surface area contributed by atoms with Gasteiger partial charge in [0.25, 0.3) is 5.91 Å². The fourth-order valence-electron chi connectivity index (χ4n) is 2.14. The van der Waals surface area contributed by atoms with Gasteiger partial charge in [-0.25, -0.2) is 0 Å². The monoisotopic (exact) mass is 321 g/mol. The van der Waals surface area contributed by atoms with Crippen LogP contribution >= 0.6 is 0 Å².